The van der Waals surface area contributed by atoms with Gasteiger partial charge in [0.05, 0.1) is 18.5 Å². The smallest absolute Gasteiger partial charge is 0.124 e. The summed E-state index contributed by atoms with van der Waals surface area (Å²) in [6.45, 7) is 2.30. The molecule has 1 aliphatic rings. The maximum Gasteiger partial charge on any atom is 0.124 e. The highest BCUT2D eigenvalue weighted by Gasteiger charge is 2.21. The van der Waals surface area contributed by atoms with Crippen molar-refractivity contribution in [1.82, 2.24) is 0 Å². The van der Waals surface area contributed by atoms with Gasteiger partial charge in [-0.1, -0.05) is 40.2 Å². The van der Waals surface area contributed by atoms with Gasteiger partial charge in [0.1, 0.15) is 5.75 Å². The number of rotatable bonds is 3. The second-order valence-corrected chi connectivity index (χ2v) is 7.47. The predicted octanol–water partition coefficient (Wildman–Crippen LogP) is 4.37. The number of nitrogens with two attached hydrogens (primary N) is 1. The Morgan fingerprint density at radius 1 is 1.12 bits per heavy atom. The van der Waals surface area contributed by atoms with E-state index in [2.05, 4.69) is 74.7 Å². The summed E-state index contributed by atoms with van der Waals surface area (Å²) in [6.07, 6.45) is 0. The Labute approximate surface area is 162 Å². The zero-order valence-corrected chi connectivity index (χ0v) is 16.3. The molecule has 0 spiro atoms. The fourth-order valence-electron chi connectivity index (χ4n) is 3.64. The SMILES string of the molecule is COc1ccc2c(Br)cccc2c1CN1C[C@@H](N)CNc2ccccc21. The molecule has 26 heavy (non-hydrogen) atoms. The third-order valence-corrected chi connectivity index (χ3v) is 5.59. The zero-order valence-electron chi connectivity index (χ0n) is 14.7. The Bertz CT molecular complexity index is 944. The van der Waals surface area contributed by atoms with Gasteiger partial charge in [0.25, 0.3) is 0 Å². The molecule has 1 aliphatic heterocycles. The molecule has 3 aromatic carbocycles. The van der Waals surface area contributed by atoms with Crippen LogP contribution < -0.4 is 20.7 Å². The molecule has 3 aromatic rings. The van der Waals surface area contributed by atoms with Crippen molar-refractivity contribution in [2.45, 2.75) is 12.6 Å². The molecule has 0 radical (unpaired) electrons. The van der Waals surface area contributed by atoms with Crippen LogP contribution in [0.2, 0.25) is 0 Å². The number of para-hydroxylation sites is 2. The first-order valence-corrected chi connectivity index (χ1v) is 9.54. The molecule has 3 N–H and O–H groups in total. The number of hydrogen-bond acceptors (Lipinski definition) is 4. The van der Waals surface area contributed by atoms with Crippen molar-refractivity contribution in [2.75, 3.05) is 30.4 Å². The van der Waals surface area contributed by atoms with Crippen LogP contribution in [0.5, 0.6) is 5.75 Å². The summed E-state index contributed by atoms with van der Waals surface area (Å²) < 4.78 is 6.78. The average molecular weight is 412 g/mol. The van der Waals surface area contributed by atoms with E-state index in [4.69, 9.17) is 10.5 Å². The lowest BCUT2D eigenvalue weighted by atomic mass is 10.0. The van der Waals surface area contributed by atoms with Gasteiger partial charge >= 0.3 is 0 Å². The Kier molecular flexibility index (Phi) is 4.74. The Morgan fingerprint density at radius 2 is 1.96 bits per heavy atom. The molecule has 0 saturated carbocycles. The molecule has 4 rings (SSSR count). The van der Waals surface area contributed by atoms with Crippen LogP contribution >= 0.6 is 15.9 Å². The molecule has 0 bridgehead atoms. The van der Waals surface area contributed by atoms with Gasteiger partial charge in [0.15, 0.2) is 0 Å². The molecular formula is C21H22BrN3O. The molecular weight excluding hydrogens is 390 g/mol. The molecule has 5 heteroatoms. The molecule has 0 saturated heterocycles. The van der Waals surface area contributed by atoms with Crippen LogP contribution in [0.4, 0.5) is 11.4 Å². The number of ether oxygens (including phenoxy) is 1. The lowest BCUT2D eigenvalue weighted by Crippen LogP contribution is -2.39. The third kappa shape index (κ3) is 3.13. The number of fused-ring (bicyclic) bond motifs is 2. The largest absolute Gasteiger partial charge is 0.496 e. The maximum absolute atomic E-state index is 6.32. The number of nitrogens with zero attached hydrogens (tertiary/aromatic N) is 1. The van der Waals surface area contributed by atoms with Crippen LogP contribution in [0.3, 0.4) is 0 Å². The number of halogens is 1. The van der Waals surface area contributed by atoms with Crippen molar-refractivity contribution < 1.29 is 4.74 Å². The number of methoxy groups -OCH3 is 1. The fraction of sp³-hybridized carbons (Fsp3) is 0.238. The van der Waals surface area contributed by atoms with Gasteiger partial charge in [-0.15, -0.1) is 0 Å². The van der Waals surface area contributed by atoms with E-state index >= 15 is 0 Å². The predicted molar refractivity (Wildman–Crippen MR) is 112 cm³/mol. The van der Waals surface area contributed by atoms with Crippen molar-refractivity contribution >= 4 is 38.1 Å². The number of nitrogens with one attached hydrogen (secondary N) is 1. The minimum absolute atomic E-state index is 0.0649. The highest BCUT2D eigenvalue weighted by Crippen LogP contribution is 2.36. The molecule has 0 aliphatic carbocycles. The van der Waals surface area contributed by atoms with E-state index in [1.807, 2.05) is 6.07 Å². The molecule has 4 nitrogen and oxygen atoms in total. The van der Waals surface area contributed by atoms with E-state index in [-0.39, 0.29) is 6.04 Å². The van der Waals surface area contributed by atoms with Crippen molar-refractivity contribution in [1.29, 1.82) is 0 Å². The van der Waals surface area contributed by atoms with E-state index in [1.54, 1.807) is 7.11 Å². The molecule has 134 valence electrons. The summed E-state index contributed by atoms with van der Waals surface area (Å²) in [5.74, 6) is 0.902. The molecule has 0 amide bonds. The van der Waals surface area contributed by atoms with Crippen molar-refractivity contribution in [3.63, 3.8) is 0 Å². The molecule has 1 atom stereocenters. The first kappa shape index (κ1) is 17.2. The van der Waals surface area contributed by atoms with Gasteiger partial charge in [-0.05, 0) is 41.1 Å². The van der Waals surface area contributed by atoms with E-state index in [0.717, 1.165) is 35.5 Å². The van der Waals surface area contributed by atoms with Gasteiger partial charge in [-0.2, -0.15) is 0 Å². The summed E-state index contributed by atoms with van der Waals surface area (Å²) in [5, 5.41) is 5.85. The quantitative estimate of drug-likeness (QED) is 0.671. The van der Waals surface area contributed by atoms with Crippen molar-refractivity contribution in [3.05, 3.63) is 64.6 Å². The highest BCUT2D eigenvalue weighted by atomic mass is 79.9. The average Bonchev–Trinajstić information content (AvgIpc) is 2.82. The topological polar surface area (TPSA) is 50.5 Å². The second kappa shape index (κ2) is 7.17. The number of benzene rings is 3. The molecule has 0 aromatic heterocycles. The molecule has 0 fully saturated rings. The van der Waals surface area contributed by atoms with Gasteiger partial charge in [-0.25, -0.2) is 0 Å². The lowest BCUT2D eigenvalue weighted by molar-refractivity contribution is 0.410. The van der Waals surface area contributed by atoms with Crippen LogP contribution in [-0.4, -0.2) is 26.2 Å². The van der Waals surface area contributed by atoms with Gasteiger partial charge in [0.2, 0.25) is 0 Å². The molecule has 1 heterocycles. The lowest BCUT2D eigenvalue weighted by Gasteiger charge is -2.27. The number of hydrogen-bond donors (Lipinski definition) is 2. The van der Waals surface area contributed by atoms with Gasteiger partial charge in [-0.3, -0.25) is 0 Å². The summed E-state index contributed by atoms with van der Waals surface area (Å²) in [7, 11) is 1.73. The first-order chi connectivity index (χ1) is 12.7. The Hall–Kier alpha value is -2.24. The Balaban J connectivity index is 1.83. The molecule has 0 unspecified atom stereocenters. The van der Waals surface area contributed by atoms with Crippen LogP contribution in [0, 0.1) is 0 Å². The first-order valence-electron chi connectivity index (χ1n) is 8.75. The van der Waals surface area contributed by atoms with Gasteiger partial charge < -0.3 is 20.7 Å². The second-order valence-electron chi connectivity index (χ2n) is 6.62. The minimum atomic E-state index is 0.0649. The minimum Gasteiger partial charge on any atom is -0.496 e. The van der Waals surface area contributed by atoms with Crippen LogP contribution in [0.25, 0.3) is 10.8 Å². The Morgan fingerprint density at radius 3 is 2.81 bits per heavy atom. The standard InChI is InChI=1S/C21H22BrN3O/c1-26-21-10-9-16-15(5-4-6-18(16)22)17(21)13-25-12-14(23)11-24-19-7-2-3-8-20(19)25/h2-10,14,24H,11-13,23H2,1H3/t14-/m0/s1. The van der Waals surface area contributed by atoms with Crippen LogP contribution in [0.1, 0.15) is 5.56 Å². The summed E-state index contributed by atoms with van der Waals surface area (Å²) in [6, 6.07) is 18.9. The van der Waals surface area contributed by atoms with E-state index in [0.29, 0.717) is 0 Å². The maximum atomic E-state index is 6.32. The summed E-state index contributed by atoms with van der Waals surface area (Å²) in [4.78, 5) is 2.35. The van der Waals surface area contributed by atoms with E-state index < -0.39 is 0 Å². The summed E-state index contributed by atoms with van der Waals surface area (Å²) in [5.41, 5.74) is 9.80. The van der Waals surface area contributed by atoms with Crippen molar-refractivity contribution in [2.24, 2.45) is 5.73 Å². The van der Waals surface area contributed by atoms with Crippen LogP contribution in [-0.2, 0) is 6.54 Å². The number of anilines is 2. The monoisotopic (exact) mass is 411 g/mol. The van der Waals surface area contributed by atoms with Crippen LogP contribution in [0.15, 0.2) is 59.1 Å². The van der Waals surface area contributed by atoms with E-state index in [9.17, 15) is 0 Å². The van der Waals surface area contributed by atoms with E-state index in [1.165, 1.54) is 22.0 Å². The fourth-order valence-corrected chi connectivity index (χ4v) is 4.14. The highest BCUT2D eigenvalue weighted by molar-refractivity contribution is 9.10. The summed E-state index contributed by atoms with van der Waals surface area (Å²) >= 11 is 3.67. The normalized spacial score (nSPS) is 16.7. The van der Waals surface area contributed by atoms with Crippen molar-refractivity contribution in [3.8, 4) is 5.75 Å². The zero-order chi connectivity index (χ0) is 18.1. The van der Waals surface area contributed by atoms with Gasteiger partial charge in [0, 0.05) is 35.7 Å². The third-order valence-electron chi connectivity index (χ3n) is 4.90.